The van der Waals surface area contributed by atoms with Crippen molar-refractivity contribution in [1.82, 2.24) is 14.8 Å². The first-order valence-electron chi connectivity index (χ1n) is 5.62. The van der Waals surface area contributed by atoms with E-state index in [1.807, 2.05) is 36.5 Å². The largest absolute Gasteiger partial charge is 0.383 e. The van der Waals surface area contributed by atoms with Gasteiger partial charge in [0.1, 0.15) is 10.7 Å². The van der Waals surface area contributed by atoms with Crippen molar-refractivity contribution in [1.29, 1.82) is 0 Å². The van der Waals surface area contributed by atoms with E-state index in [0.29, 0.717) is 4.60 Å². The van der Waals surface area contributed by atoms with Gasteiger partial charge in [0.2, 0.25) is 0 Å². The number of hydrogen-bond donors (Lipinski definition) is 1. The highest BCUT2D eigenvalue weighted by molar-refractivity contribution is 9.10. The van der Waals surface area contributed by atoms with E-state index in [4.69, 9.17) is 0 Å². The highest BCUT2D eigenvalue weighted by atomic mass is 79.9. The molecule has 0 fully saturated rings. The smallest absolute Gasteiger partial charge is 0.123 e. The summed E-state index contributed by atoms with van der Waals surface area (Å²) in [6.45, 7) is 0. The molecule has 1 unspecified atom stereocenters. The van der Waals surface area contributed by atoms with Gasteiger partial charge in [-0.05, 0) is 28.1 Å². The highest BCUT2D eigenvalue weighted by Gasteiger charge is 2.18. The van der Waals surface area contributed by atoms with Crippen molar-refractivity contribution in [2.24, 2.45) is 0 Å². The van der Waals surface area contributed by atoms with E-state index in [-0.39, 0.29) is 0 Å². The average molecular weight is 336 g/mol. The molecule has 0 aliphatic carbocycles. The number of rotatable bonds is 3. The maximum atomic E-state index is 10.3. The van der Waals surface area contributed by atoms with Crippen LogP contribution < -0.4 is 0 Å². The SMILES string of the molecule is OC(c1cnn(-c2ccccc2)c1)c1scnc1Br. The van der Waals surface area contributed by atoms with Crippen LogP contribution in [0.5, 0.6) is 0 Å². The zero-order valence-electron chi connectivity index (χ0n) is 9.77. The Bertz CT molecular complexity index is 680. The van der Waals surface area contributed by atoms with Crippen LogP contribution in [0.3, 0.4) is 0 Å². The third kappa shape index (κ3) is 2.47. The third-order valence-electron chi connectivity index (χ3n) is 2.74. The van der Waals surface area contributed by atoms with Crippen molar-refractivity contribution in [2.75, 3.05) is 0 Å². The van der Waals surface area contributed by atoms with Crippen LogP contribution in [0.15, 0.2) is 52.8 Å². The van der Waals surface area contributed by atoms with E-state index in [0.717, 1.165) is 16.1 Å². The molecular formula is C13H10BrN3OS. The lowest BCUT2D eigenvalue weighted by atomic mass is 10.2. The lowest BCUT2D eigenvalue weighted by Crippen LogP contribution is -1.97. The van der Waals surface area contributed by atoms with Gasteiger partial charge < -0.3 is 5.11 Å². The van der Waals surface area contributed by atoms with E-state index in [2.05, 4.69) is 26.0 Å². The Balaban J connectivity index is 1.92. The standard InChI is InChI=1S/C13H10BrN3OS/c14-13-12(19-8-15-13)11(18)9-6-16-17(7-9)10-4-2-1-3-5-10/h1-8,11,18H. The summed E-state index contributed by atoms with van der Waals surface area (Å²) >= 11 is 4.74. The second-order valence-corrected chi connectivity index (χ2v) is 5.60. The van der Waals surface area contributed by atoms with Gasteiger partial charge in [0.25, 0.3) is 0 Å². The highest BCUT2D eigenvalue weighted by Crippen LogP contribution is 2.31. The van der Waals surface area contributed by atoms with E-state index in [9.17, 15) is 5.11 Å². The number of aromatic nitrogens is 3. The molecule has 2 aromatic heterocycles. The molecule has 6 heteroatoms. The second kappa shape index (κ2) is 5.24. The predicted octanol–water partition coefficient (Wildman–Crippen LogP) is 3.17. The molecule has 1 N–H and O–H groups in total. The zero-order valence-corrected chi connectivity index (χ0v) is 12.2. The Kier molecular flexibility index (Phi) is 3.46. The van der Waals surface area contributed by atoms with Gasteiger partial charge in [-0.2, -0.15) is 5.10 Å². The number of para-hydroxylation sites is 1. The minimum Gasteiger partial charge on any atom is -0.383 e. The van der Waals surface area contributed by atoms with Gasteiger partial charge in [-0.3, -0.25) is 0 Å². The molecule has 2 heterocycles. The fourth-order valence-electron chi connectivity index (χ4n) is 1.77. The molecule has 0 saturated heterocycles. The minimum absolute atomic E-state index is 0.678. The molecule has 1 atom stereocenters. The Morgan fingerprint density at radius 3 is 2.74 bits per heavy atom. The summed E-state index contributed by atoms with van der Waals surface area (Å²) in [5.74, 6) is 0. The van der Waals surface area contributed by atoms with E-state index < -0.39 is 6.10 Å². The number of aliphatic hydroxyl groups is 1. The molecule has 0 aliphatic rings. The lowest BCUT2D eigenvalue weighted by Gasteiger charge is -2.05. The minimum atomic E-state index is -0.709. The van der Waals surface area contributed by atoms with Crippen LogP contribution in [0.1, 0.15) is 16.5 Å². The summed E-state index contributed by atoms with van der Waals surface area (Å²) in [6.07, 6.45) is 2.79. The van der Waals surface area contributed by atoms with Crippen LogP contribution in [-0.4, -0.2) is 19.9 Å². The molecule has 0 spiro atoms. The molecule has 0 saturated carbocycles. The van der Waals surface area contributed by atoms with Crippen molar-refractivity contribution in [3.8, 4) is 5.69 Å². The van der Waals surface area contributed by atoms with Crippen LogP contribution in [0, 0.1) is 0 Å². The van der Waals surface area contributed by atoms with Crippen molar-refractivity contribution in [3.63, 3.8) is 0 Å². The summed E-state index contributed by atoms with van der Waals surface area (Å²) in [6, 6.07) is 9.79. The van der Waals surface area contributed by atoms with Gasteiger partial charge in [-0.25, -0.2) is 9.67 Å². The van der Waals surface area contributed by atoms with E-state index in [1.54, 1.807) is 16.4 Å². The van der Waals surface area contributed by atoms with Crippen LogP contribution in [0.2, 0.25) is 0 Å². The predicted molar refractivity (Wildman–Crippen MR) is 77.4 cm³/mol. The quantitative estimate of drug-likeness (QED) is 0.799. The zero-order chi connectivity index (χ0) is 13.2. The maximum Gasteiger partial charge on any atom is 0.123 e. The first kappa shape index (κ1) is 12.5. The van der Waals surface area contributed by atoms with Crippen LogP contribution >= 0.6 is 27.3 Å². The maximum absolute atomic E-state index is 10.3. The summed E-state index contributed by atoms with van der Waals surface area (Å²) in [7, 11) is 0. The molecule has 96 valence electrons. The number of hydrogen-bond acceptors (Lipinski definition) is 4. The van der Waals surface area contributed by atoms with Crippen LogP contribution in [-0.2, 0) is 0 Å². The molecule has 0 amide bonds. The summed E-state index contributed by atoms with van der Waals surface area (Å²) < 4.78 is 2.42. The summed E-state index contributed by atoms with van der Waals surface area (Å²) in [5, 5.41) is 14.6. The van der Waals surface area contributed by atoms with Crippen LogP contribution in [0.4, 0.5) is 0 Å². The Morgan fingerprint density at radius 1 is 1.26 bits per heavy atom. The number of aliphatic hydroxyl groups excluding tert-OH is 1. The lowest BCUT2D eigenvalue weighted by molar-refractivity contribution is 0.223. The normalized spacial score (nSPS) is 12.5. The molecule has 1 aromatic carbocycles. The van der Waals surface area contributed by atoms with Gasteiger partial charge in [-0.15, -0.1) is 11.3 Å². The van der Waals surface area contributed by atoms with Crippen molar-refractivity contribution in [3.05, 3.63) is 63.3 Å². The molecule has 19 heavy (non-hydrogen) atoms. The molecule has 3 rings (SSSR count). The van der Waals surface area contributed by atoms with Crippen LogP contribution in [0.25, 0.3) is 5.69 Å². The van der Waals surface area contributed by atoms with Gasteiger partial charge in [0.05, 0.1) is 22.3 Å². The average Bonchev–Trinajstić information content (AvgIpc) is 3.08. The topological polar surface area (TPSA) is 50.9 Å². The number of halogens is 1. The molecular weight excluding hydrogens is 326 g/mol. The first-order valence-corrected chi connectivity index (χ1v) is 7.30. The fourth-order valence-corrected chi connectivity index (χ4v) is 3.19. The Hall–Kier alpha value is -1.50. The summed E-state index contributed by atoms with van der Waals surface area (Å²) in [4.78, 5) is 4.86. The van der Waals surface area contributed by atoms with Gasteiger partial charge >= 0.3 is 0 Å². The van der Waals surface area contributed by atoms with E-state index >= 15 is 0 Å². The van der Waals surface area contributed by atoms with Gasteiger partial charge in [0.15, 0.2) is 0 Å². The van der Waals surface area contributed by atoms with Crippen molar-refractivity contribution in [2.45, 2.75) is 6.10 Å². The number of benzene rings is 1. The number of nitrogens with zero attached hydrogens (tertiary/aromatic N) is 3. The molecule has 4 nitrogen and oxygen atoms in total. The van der Waals surface area contributed by atoms with Crippen molar-refractivity contribution < 1.29 is 5.11 Å². The Morgan fingerprint density at radius 2 is 2.05 bits per heavy atom. The third-order valence-corrected chi connectivity index (χ3v) is 4.51. The molecule has 0 radical (unpaired) electrons. The molecule has 3 aromatic rings. The monoisotopic (exact) mass is 335 g/mol. The first-order chi connectivity index (χ1) is 9.25. The molecule has 0 bridgehead atoms. The summed E-state index contributed by atoms with van der Waals surface area (Å²) in [5.41, 5.74) is 3.41. The molecule has 0 aliphatic heterocycles. The second-order valence-electron chi connectivity index (χ2n) is 3.96. The number of thiazole rings is 1. The van der Waals surface area contributed by atoms with Gasteiger partial charge in [0, 0.05) is 11.8 Å². The van der Waals surface area contributed by atoms with Crippen molar-refractivity contribution >= 4 is 27.3 Å². The van der Waals surface area contributed by atoms with Gasteiger partial charge in [-0.1, -0.05) is 18.2 Å². The fraction of sp³-hybridized carbons (Fsp3) is 0.0769. The van der Waals surface area contributed by atoms with E-state index in [1.165, 1.54) is 11.3 Å². The Labute approximate surface area is 122 Å².